The summed E-state index contributed by atoms with van der Waals surface area (Å²) in [7, 11) is 0. The zero-order chi connectivity index (χ0) is 25.7. The number of aryl methyl sites for hydroxylation is 2. The van der Waals surface area contributed by atoms with E-state index in [1.54, 1.807) is 0 Å². The molecule has 3 aromatic heterocycles. The van der Waals surface area contributed by atoms with E-state index in [1.165, 1.54) is 0 Å². The lowest BCUT2D eigenvalue weighted by Gasteiger charge is -2.11. The van der Waals surface area contributed by atoms with Crippen LogP contribution in [-0.2, 0) is 13.0 Å². The molecule has 0 unspecified atom stereocenters. The van der Waals surface area contributed by atoms with Crippen LogP contribution in [0.25, 0.3) is 32.7 Å². The molecule has 0 aliphatic heterocycles. The molecule has 0 saturated carbocycles. The number of hydrogen-bond donors (Lipinski definition) is 2. The van der Waals surface area contributed by atoms with Gasteiger partial charge in [-0.2, -0.15) is 5.26 Å². The first-order valence-corrected chi connectivity index (χ1v) is 12.1. The molecule has 6 aromatic rings. The highest BCUT2D eigenvalue weighted by Crippen LogP contribution is 2.41. The topological polar surface area (TPSA) is 105 Å². The van der Waals surface area contributed by atoms with Gasteiger partial charge in [-0.05, 0) is 85.0 Å². The van der Waals surface area contributed by atoms with E-state index in [2.05, 4.69) is 34.6 Å². The van der Waals surface area contributed by atoms with Crippen molar-refractivity contribution in [3.63, 3.8) is 0 Å². The molecule has 0 spiro atoms. The van der Waals surface area contributed by atoms with E-state index in [9.17, 15) is 10.1 Å². The van der Waals surface area contributed by atoms with Crippen molar-refractivity contribution in [2.75, 3.05) is 5.73 Å². The maximum Gasteiger partial charge on any atom is 0.251 e. The third-order valence-corrected chi connectivity index (χ3v) is 7.01. The van der Waals surface area contributed by atoms with Gasteiger partial charge in [-0.1, -0.05) is 24.3 Å². The molecule has 3 heterocycles. The lowest BCUT2D eigenvalue weighted by Crippen LogP contribution is -2.24. The summed E-state index contributed by atoms with van der Waals surface area (Å²) in [5.41, 5.74) is 13.7. The number of benzene rings is 4. The van der Waals surface area contributed by atoms with Gasteiger partial charge >= 0.3 is 0 Å². The Labute approximate surface area is 213 Å². The number of fused-ring (bicyclic) bond motifs is 8. The number of amides is 1. The fraction of sp³-hybridized carbons (Fsp3) is 0.129. The summed E-state index contributed by atoms with van der Waals surface area (Å²) in [5, 5.41) is 16.2. The molecule has 0 saturated heterocycles. The maximum atomic E-state index is 13.0. The normalized spacial score (nSPS) is 11.4. The van der Waals surface area contributed by atoms with E-state index >= 15 is 0 Å². The highest BCUT2D eigenvalue weighted by Gasteiger charge is 2.19. The van der Waals surface area contributed by atoms with Crippen molar-refractivity contribution >= 4 is 44.4 Å². The smallest absolute Gasteiger partial charge is 0.251 e. The van der Waals surface area contributed by atoms with Gasteiger partial charge in [-0.3, -0.25) is 4.79 Å². The highest BCUT2D eigenvalue weighted by atomic mass is 16.3. The number of nitriles is 1. The molecule has 6 heteroatoms. The van der Waals surface area contributed by atoms with Gasteiger partial charge in [0.05, 0.1) is 11.6 Å². The summed E-state index contributed by atoms with van der Waals surface area (Å²) >= 11 is 0. The average molecular weight is 485 g/mol. The molecule has 180 valence electrons. The molecule has 0 aliphatic carbocycles. The number of nitrogens with two attached hydrogens (primary N) is 1. The number of furan rings is 2. The van der Waals surface area contributed by atoms with E-state index < -0.39 is 0 Å². The third-order valence-electron chi connectivity index (χ3n) is 7.01. The highest BCUT2D eigenvalue weighted by molar-refractivity contribution is 6.25. The predicted molar refractivity (Wildman–Crippen MR) is 146 cm³/mol. The Morgan fingerprint density at radius 1 is 0.946 bits per heavy atom. The molecule has 0 atom stereocenters. The summed E-state index contributed by atoms with van der Waals surface area (Å²) in [6, 6.07) is 23.7. The SMILES string of the molecule is Cc1cc(N)nc(C)c1CNC(=O)c1ccc2c(c1)c1oc2c2cc(Cc3cccc(C#N)c3)ccc21. The van der Waals surface area contributed by atoms with Crippen molar-refractivity contribution in [1.82, 2.24) is 10.3 Å². The summed E-state index contributed by atoms with van der Waals surface area (Å²) in [6.07, 6.45) is 0.736. The minimum Gasteiger partial charge on any atom is -0.455 e. The Morgan fingerprint density at radius 3 is 2.43 bits per heavy atom. The molecule has 3 aromatic carbocycles. The number of anilines is 1. The van der Waals surface area contributed by atoms with Gasteiger partial charge < -0.3 is 15.5 Å². The van der Waals surface area contributed by atoms with Crippen molar-refractivity contribution < 1.29 is 9.21 Å². The van der Waals surface area contributed by atoms with Gasteiger partial charge in [-0.15, -0.1) is 0 Å². The number of nitrogen functional groups attached to an aromatic ring is 1. The molecule has 6 rings (SSSR count). The number of rotatable bonds is 5. The zero-order valence-corrected chi connectivity index (χ0v) is 20.6. The predicted octanol–water partition coefficient (Wildman–Crippen LogP) is 6.16. The molecular formula is C31H24N4O2. The minimum absolute atomic E-state index is 0.151. The van der Waals surface area contributed by atoms with Crippen molar-refractivity contribution in [2.45, 2.75) is 26.8 Å². The lowest BCUT2D eigenvalue weighted by molar-refractivity contribution is 0.0951. The van der Waals surface area contributed by atoms with Gasteiger partial charge in [-0.25, -0.2) is 4.98 Å². The van der Waals surface area contributed by atoms with Gasteiger partial charge in [0.1, 0.15) is 17.0 Å². The number of nitrogens with zero attached hydrogens (tertiary/aromatic N) is 2. The Hall–Kier alpha value is -4.89. The van der Waals surface area contributed by atoms with Gasteiger partial charge in [0.15, 0.2) is 0 Å². The van der Waals surface area contributed by atoms with E-state index in [-0.39, 0.29) is 5.91 Å². The van der Waals surface area contributed by atoms with E-state index in [0.717, 1.165) is 67.1 Å². The van der Waals surface area contributed by atoms with Gasteiger partial charge in [0.25, 0.3) is 5.91 Å². The Morgan fingerprint density at radius 2 is 1.68 bits per heavy atom. The summed E-state index contributed by atoms with van der Waals surface area (Å²) < 4.78 is 6.20. The van der Waals surface area contributed by atoms with Gasteiger partial charge in [0, 0.05) is 39.3 Å². The molecule has 0 aliphatic rings. The number of pyridine rings is 1. The first-order valence-electron chi connectivity index (χ1n) is 12.1. The van der Waals surface area contributed by atoms with E-state index in [1.807, 2.05) is 62.4 Å². The van der Waals surface area contributed by atoms with Crippen LogP contribution in [0.5, 0.6) is 0 Å². The van der Waals surface area contributed by atoms with Crippen molar-refractivity contribution in [3.8, 4) is 6.07 Å². The fourth-order valence-electron chi connectivity index (χ4n) is 5.18. The Kier molecular flexibility index (Phi) is 5.27. The average Bonchev–Trinajstić information content (AvgIpc) is 3.45. The summed E-state index contributed by atoms with van der Waals surface area (Å²) in [6.45, 7) is 4.25. The molecule has 3 N–H and O–H groups in total. The number of carbonyl (C=O) groups excluding carboxylic acids is 1. The van der Waals surface area contributed by atoms with Gasteiger partial charge in [0.2, 0.25) is 0 Å². The van der Waals surface area contributed by atoms with Crippen LogP contribution in [0.15, 0.2) is 71.1 Å². The van der Waals surface area contributed by atoms with Crippen LogP contribution in [0.1, 0.15) is 43.9 Å². The van der Waals surface area contributed by atoms with Crippen LogP contribution in [0.2, 0.25) is 0 Å². The van der Waals surface area contributed by atoms with Crippen molar-refractivity contribution in [3.05, 3.63) is 106 Å². The standard InChI is InChI=1S/C31H24N4O2/c1-17-10-28(33)35-18(2)27(17)16-34-31(36)22-7-9-24-26(14-22)30-23-8-6-20(13-25(23)29(24)37-30)11-19-4-3-5-21(12-19)15-32/h3-10,12-14H,11,16H2,1-2H3,(H2,33,35)(H,34,36). The molecule has 37 heavy (non-hydrogen) atoms. The Bertz CT molecular complexity index is 1850. The quantitative estimate of drug-likeness (QED) is 0.285. The first kappa shape index (κ1) is 22.6. The first-order chi connectivity index (χ1) is 17.9. The molecule has 0 radical (unpaired) electrons. The lowest BCUT2D eigenvalue weighted by atomic mass is 9.97. The van der Waals surface area contributed by atoms with Crippen molar-refractivity contribution in [1.29, 1.82) is 5.26 Å². The second kappa shape index (κ2) is 8.65. The molecule has 1 amide bonds. The summed E-state index contributed by atoms with van der Waals surface area (Å²) in [4.78, 5) is 17.3. The number of aromatic nitrogens is 1. The number of hydrogen-bond acceptors (Lipinski definition) is 5. The van der Waals surface area contributed by atoms with Crippen LogP contribution in [0, 0.1) is 25.2 Å². The molecule has 6 nitrogen and oxygen atoms in total. The number of nitrogens with one attached hydrogen (secondary N) is 1. The van der Waals surface area contributed by atoms with Crippen LogP contribution >= 0.6 is 0 Å². The largest absolute Gasteiger partial charge is 0.455 e. The summed E-state index contributed by atoms with van der Waals surface area (Å²) in [5.74, 6) is 0.329. The van der Waals surface area contributed by atoms with Crippen molar-refractivity contribution in [2.24, 2.45) is 0 Å². The van der Waals surface area contributed by atoms with E-state index in [0.29, 0.717) is 23.5 Å². The third kappa shape index (κ3) is 3.91. The van der Waals surface area contributed by atoms with Crippen LogP contribution < -0.4 is 11.1 Å². The van der Waals surface area contributed by atoms with Crippen LogP contribution in [-0.4, -0.2) is 10.9 Å². The minimum atomic E-state index is -0.151. The molecular weight excluding hydrogens is 460 g/mol. The van der Waals surface area contributed by atoms with Crippen LogP contribution in [0.3, 0.4) is 0 Å². The maximum absolute atomic E-state index is 13.0. The fourth-order valence-corrected chi connectivity index (χ4v) is 5.18. The second-order valence-electron chi connectivity index (χ2n) is 9.50. The monoisotopic (exact) mass is 484 g/mol. The molecule has 2 bridgehead atoms. The molecule has 0 fully saturated rings. The van der Waals surface area contributed by atoms with Crippen LogP contribution in [0.4, 0.5) is 5.82 Å². The second-order valence-corrected chi connectivity index (χ2v) is 9.50. The van der Waals surface area contributed by atoms with E-state index in [4.69, 9.17) is 10.2 Å². The number of carbonyl (C=O) groups is 1. The Balaban J connectivity index is 1.29. The zero-order valence-electron chi connectivity index (χ0n) is 20.6.